The van der Waals surface area contributed by atoms with Gasteiger partial charge in [-0.05, 0) is 19.1 Å². The van der Waals surface area contributed by atoms with Gasteiger partial charge in [-0.2, -0.15) is 0 Å². The van der Waals surface area contributed by atoms with Crippen LogP contribution in [0.15, 0.2) is 12.1 Å². The molecule has 0 bridgehead atoms. The lowest BCUT2D eigenvalue weighted by Gasteiger charge is -2.20. The van der Waals surface area contributed by atoms with E-state index >= 15 is 0 Å². The molecule has 104 valence electrons. The fraction of sp³-hybridized carbons (Fsp3) is 0.385. The normalized spacial score (nSPS) is 11.6. The summed E-state index contributed by atoms with van der Waals surface area (Å²) in [6.07, 6.45) is 0. The number of ether oxygens (including phenoxy) is 2. The van der Waals surface area contributed by atoms with Gasteiger partial charge >= 0.3 is 5.97 Å². The number of benzene rings is 1. The van der Waals surface area contributed by atoms with Gasteiger partial charge in [0, 0.05) is 6.92 Å². The Morgan fingerprint density at radius 2 is 1.68 bits per heavy atom. The van der Waals surface area contributed by atoms with Gasteiger partial charge in [-0.15, -0.1) is 0 Å². The molecule has 19 heavy (non-hydrogen) atoms. The molecule has 1 atom stereocenters. The van der Waals surface area contributed by atoms with Gasteiger partial charge in [0.15, 0.2) is 0 Å². The number of carbonyl (C=O) groups is 2. The molecule has 0 heterocycles. The zero-order valence-electron chi connectivity index (χ0n) is 11.3. The highest BCUT2D eigenvalue weighted by Gasteiger charge is 2.21. The average molecular weight is 267 g/mol. The summed E-state index contributed by atoms with van der Waals surface area (Å²) in [4.78, 5) is 22.1. The number of rotatable bonds is 5. The van der Waals surface area contributed by atoms with Gasteiger partial charge in [0.05, 0.1) is 31.4 Å². The van der Waals surface area contributed by atoms with E-state index in [1.807, 2.05) is 0 Å². The Labute approximate surface area is 111 Å². The molecule has 0 saturated heterocycles. The molecule has 1 rings (SSSR count). The molecule has 6 heteroatoms. The van der Waals surface area contributed by atoms with Gasteiger partial charge in [-0.25, -0.2) is 4.79 Å². The van der Waals surface area contributed by atoms with Crippen LogP contribution in [0.5, 0.6) is 11.5 Å². The summed E-state index contributed by atoms with van der Waals surface area (Å²) >= 11 is 0. The first kappa shape index (κ1) is 14.8. The first-order valence-electron chi connectivity index (χ1n) is 5.67. The third-order valence-corrected chi connectivity index (χ3v) is 2.64. The van der Waals surface area contributed by atoms with Crippen molar-refractivity contribution in [2.45, 2.75) is 19.9 Å². The summed E-state index contributed by atoms with van der Waals surface area (Å²) in [5.41, 5.74) is 0.665. The largest absolute Gasteiger partial charge is 0.496 e. The minimum Gasteiger partial charge on any atom is -0.496 e. The Kier molecular flexibility index (Phi) is 4.74. The molecule has 1 aromatic carbocycles. The standard InChI is InChI=1S/C13H17NO5/c1-7(14-8(2)15)12-10(18-3)5-9(13(16)17)6-11(12)19-4/h5-7H,1-4H3,(H,14,15)(H,16,17). The summed E-state index contributed by atoms with van der Waals surface area (Å²) in [7, 11) is 2.87. The third kappa shape index (κ3) is 3.37. The lowest BCUT2D eigenvalue weighted by molar-refractivity contribution is -0.119. The monoisotopic (exact) mass is 267 g/mol. The predicted molar refractivity (Wildman–Crippen MR) is 68.7 cm³/mol. The number of aromatic carboxylic acids is 1. The highest BCUT2D eigenvalue weighted by molar-refractivity contribution is 5.89. The van der Waals surface area contributed by atoms with Gasteiger partial charge < -0.3 is 19.9 Å². The van der Waals surface area contributed by atoms with Crippen LogP contribution in [0.3, 0.4) is 0 Å². The van der Waals surface area contributed by atoms with Crippen molar-refractivity contribution in [3.8, 4) is 11.5 Å². The quantitative estimate of drug-likeness (QED) is 0.846. The van der Waals surface area contributed by atoms with E-state index in [0.29, 0.717) is 17.1 Å². The fourth-order valence-electron chi connectivity index (χ4n) is 1.87. The van der Waals surface area contributed by atoms with Crippen molar-refractivity contribution in [3.63, 3.8) is 0 Å². The molecule has 0 saturated carbocycles. The van der Waals surface area contributed by atoms with Crippen LogP contribution in [-0.4, -0.2) is 31.2 Å². The van der Waals surface area contributed by atoms with Crippen LogP contribution in [0.4, 0.5) is 0 Å². The van der Waals surface area contributed by atoms with Crippen molar-refractivity contribution < 1.29 is 24.2 Å². The van der Waals surface area contributed by atoms with E-state index in [1.54, 1.807) is 6.92 Å². The van der Waals surface area contributed by atoms with Gasteiger partial charge in [0.1, 0.15) is 11.5 Å². The van der Waals surface area contributed by atoms with Crippen LogP contribution in [-0.2, 0) is 4.79 Å². The maximum absolute atomic E-state index is 11.1. The lowest BCUT2D eigenvalue weighted by Crippen LogP contribution is -2.24. The number of amides is 1. The lowest BCUT2D eigenvalue weighted by atomic mass is 10.0. The molecule has 0 spiro atoms. The molecule has 0 radical (unpaired) electrons. The molecule has 1 aromatic rings. The van der Waals surface area contributed by atoms with E-state index in [-0.39, 0.29) is 17.5 Å². The molecule has 1 unspecified atom stereocenters. The number of carboxylic acids is 1. The Hall–Kier alpha value is -2.24. The SMILES string of the molecule is COc1cc(C(=O)O)cc(OC)c1C(C)NC(C)=O. The molecule has 0 aliphatic carbocycles. The van der Waals surface area contributed by atoms with Crippen LogP contribution in [0.1, 0.15) is 35.8 Å². The highest BCUT2D eigenvalue weighted by atomic mass is 16.5. The van der Waals surface area contributed by atoms with Crippen molar-refractivity contribution in [3.05, 3.63) is 23.3 Å². The van der Waals surface area contributed by atoms with Crippen LogP contribution < -0.4 is 14.8 Å². The molecule has 0 fully saturated rings. The van der Waals surface area contributed by atoms with Gasteiger partial charge in [0.2, 0.25) is 5.91 Å². The zero-order valence-corrected chi connectivity index (χ0v) is 11.3. The third-order valence-electron chi connectivity index (χ3n) is 2.64. The van der Waals surface area contributed by atoms with E-state index in [2.05, 4.69) is 5.32 Å². The first-order valence-corrected chi connectivity index (χ1v) is 5.67. The highest BCUT2D eigenvalue weighted by Crippen LogP contribution is 2.35. The maximum atomic E-state index is 11.1. The summed E-state index contributed by atoms with van der Waals surface area (Å²) in [5.74, 6) is -0.551. The predicted octanol–water partition coefficient (Wildman–Crippen LogP) is 1.60. The fourth-order valence-corrected chi connectivity index (χ4v) is 1.87. The maximum Gasteiger partial charge on any atom is 0.335 e. The second-order valence-corrected chi connectivity index (χ2v) is 4.02. The molecular formula is C13H17NO5. The zero-order chi connectivity index (χ0) is 14.6. The number of hydrogen-bond donors (Lipinski definition) is 2. The van der Waals surface area contributed by atoms with E-state index < -0.39 is 5.97 Å². The van der Waals surface area contributed by atoms with Gasteiger partial charge in [-0.1, -0.05) is 0 Å². The summed E-state index contributed by atoms with van der Waals surface area (Å²) in [5, 5.41) is 11.7. The Morgan fingerprint density at radius 3 is 2.00 bits per heavy atom. The van der Waals surface area contributed by atoms with Gasteiger partial charge in [-0.3, -0.25) is 4.79 Å². The molecule has 6 nitrogen and oxygen atoms in total. The number of nitrogens with one attached hydrogen (secondary N) is 1. The molecule has 0 aromatic heterocycles. The van der Waals surface area contributed by atoms with Crippen molar-refractivity contribution in [1.29, 1.82) is 0 Å². The topological polar surface area (TPSA) is 84.9 Å². The average Bonchev–Trinajstić information content (AvgIpc) is 2.35. The smallest absolute Gasteiger partial charge is 0.335 e. The Balaban J connectivity index is 3.35. The molecule has 2 N–H and O–H groups in total. The van der Waals surface area contributed by atoms with Crippen LogP contribution in [0, 0.1) is 0 Å². The van der Waals surface area contributed by atoms with Crippen molar-refractivity contribution >= 4 is 11.9 Å². The summed E-state index contributed by atoms with van der Waals surface area (Å²) in [6, 6.07) is 2.45. The number of carbonyl (C=O) groups excluding carboxylic acids is 1. The second-order valence-electron chi connectivity index (χ2n) is 4.02. The van der Waals surface area contributed by atoms with Crippen molar-refractivity contribution in [2.75, 3.05) is 14.2 Å². The van der Waals surface area contributed by atoms with Crippen molar-refractivity contribution in [1.82, 2.24) is 5.32 Å². The molecule has 0 aliphatic rings. The Morgan fingerprint density at radius 1 is 1.21 bits per heavy atom. The van der Waals surface area contributed by atoms with Crippen LogP contribution >= 0.6 is 0 Å². The molecular weight excluding hydrogens is 250 g/mol. The summed E-state index contributed by atoms with van der Waals surface area (Å²) < 4.78 is 10.4. The second kappa shape index (κ2) is 6.08. The number of methoxy groups -OCH3 is 2. The van der Waals surface area contributed by atoms with Crippen LogP contribution in [0.2, 0.25) is 0 Å². The van der Waals surface area contributed by atoms with E-state index in [4.69, 9.17) is 14.6 Å². The van der Waals surface area contributed by atoms with Gasteiger partial charge in [0.25, 0.3) is 0 Å². The summed E-state index contributed by atoms with van der Waals surface area (Å²) in [6.45, 7) is 3.17. The molecule has 0 aliphatic heterocycles. The number of hydrogen-bond acceptors (Lipinski definition) is 4. The van der Waals surface area contributed by atoms with E-state index in [9.17, 15) is 9.59 Å². The minimum absolute atomic E-state index is 0.0625. The number of carboxylic acid groups (broad SMARTS) is 1. The minimum atomic E-state index is -1.07. The Bertz CT molecular complexity index is 473. The molecule has 1 amide bonds. The van der Waals surface area contributed by atoms with E-state index in [0.717, 1.165) is 0 Å². The first-order chi connectivity index (χ1) is 8.90. The van der Waals surface area contributed by atoms with Crippen molar-refractivity contribution in [2.24, 2.45) is 0 Å². The van der Waals surface area contributed by atoms with Crippen LogP contribution in [0.25, 0.3) is 0 Å². The van der Waals surface area contributed by atoms with E-state index in [1.165, 1.54) is 33.3 Å².